The first-order valence-electron chi connectivity index (χ1n) is 22.1. The Kier molecular flexibility index (Phi) is 7.13. The van der Waals surface area contributed by atoms with E-state index in [1.807, 2.05) is 0 Å². The monoisotopic (exact) mass is 794 g/mol. The largest absolute Gasteiger partial charge is 0.0725 e. The van der Waals surface area contributed by atoms with Crippen LogP contribution in [0, 0.1) is 0 Å². The van der Waals surface area contributed by atoms with E-state index in [0.717, 1.165) is 0 Å². The summed E-state index contributed by atoms with van der Waals surface area (Å²) in [6.07, 6.45) is 0. The van der Waals surface area contributed by atoms with Crippen LogP contribution in [0.4, 0.5) is 0 Å². The molecule has 0 bridgehead atoms. The minimum Gasteiger partial charge on any atom is -0.0619 e. The van der Waals surface area contributed by atoms with Crippen molar-refractivity contribution in [1.82, 2.24) is 0 Å². The average molecular weight is 795 g/mol. The molecule has 2 aliphatic rings. The third kappa shape index (κ3) is 4.70. The summed E-state index contributed by atoms with van der Waals surface area (Å²) in [5.41, 5.74) is 17.9. The van der Waals surface area contributed by atoms with Gasteiger partial charge < -0.3 is 0 Å². The van der Waals surface area contributed by atoms with Gasteiger partial charge in [-0.05, 0) is 156 Å². The summed E-state index contributed by atoms with van der Waals surface area (Å²) < 4.78 is 0. The highest BCUT2D eigenvalue weighted by Gasteiger charge is 2.52. The van der Waals surface area contributed by atoms with Gasteiger partial charge in [-0.3, -0.25) is 0 Å². The highest BCUT2D eigenvalue weighted by atomic mass is 14.5. The van der Waals surface area contributed by atoms with E-state index in [0.29, 0.717) is 0 Å². The van der Waals surface area contributed by atoms with Crippen molar-refractivity contribution < 1.29 is 0 Å². The van der Waals surface area contributed by atoms with Crippen molar-refractivity contribution in [2.75, 3.05) is 0 Å². The fraction of sp³-hybridized carbons (Fsp3) is 0.0159. The Morgan fingerprint density at radius 1 is 0.206 bits per heavy atom. The molecule has 0 aliphatic heterocycles. The summed E-state index contributed by atoms with van der Waals surface area (Å²) in [5.74, 6) is 0. The molecular weight excluding hydrogens is 757 g/mol. The number of fused-ring (bicyclic) bond motifs is 16. The Labute approximate surface area is 366 Å². The Hall–Kier alpha value is -8.06. The lowest BCUT2D eigenvalue weighted by molar-refractivity contribution is 0.795. The van der Waals surface area contributed by atoms with Gasteiger partial charge in [0.25, 0.3) is 0 Å². The van der Waals surface area contributed by atoms with Crippen molar-refractivity contribution in [1.29, 1.82) is 0 Å². The zero-order valence-electron chi connectivity index (χ0n) is 34.4. The molecule has 0 heteroatoms. The van der Waals surface area contributed by atoms with Gasteiger partial charge in [0.15, 0.2) is 0 Å². The van der Waals surface area contributed by atoms with E-state index in [1.54, 1.807) is 0 Å². The molecule has 14 rings (SSSR count). The first-order valence-corrected chi connectivity index (χ1v) is 22.1. The Morgan fingerprint density at radius 2 is 0.714 bits per heavy atom. The van der Waals surface area contributed by atoms with E-state index in [9.17, 15) is 0 Å². The van der Waals surface area contributed by atoms with Crippen LogP contribution in [-0.4, -0.2) is 0 Å². The lowest BCUT2D eigenvalue weighted by Crippen LogP contribution is -2.25. The number of benzene rings is 12. The zero-order valence-corrected chi connectivity index (χ0v) is 34.4. The Balaban J connectivity index is 0.978. The SMILES string of the molecule is c1cc(-c2ccc3cc4c(cc3c2)C2(c3ccccc3-c3ccccc32)c2ccc3ccccc3c2-4)cc(-c2c3ccccc3c(-c3cccc4ccccc34)c3ccccc23)c1. The van der Waals surface area contributed by atoms with Gasteiger partial charge in [0.05, 0.1) is 5.41 Å². The molecule has 0 atom stereocenters. The molecule has 0 N–H and O–H groups in total. The quantitative estimate of drug-likeness (QED) is 0.156. The fourth-order valence-corrected chi connectivity index (χ4v) is 11.9. The van der Waals surface area contributed by atoms with Gasteiger partial charge in [0.2, 0.25) is 0 Å². The van der Waals surface area contributed by atoms with Crippen LogP contribution in [0.5, 0.6) is 0 Å². The summed E-state index contributed by atoms with van der Waals surface area (Å²) in [7, 11) is 0. The molecule has 12 aromatic carbocycles. The molecule has 2 aliphatic carbocycles. The summed E-state index contributed by atoms with van der Waals surface area (Å²) in [6, 6.07) is 86.6. The molecule has 0 radical (unpaired) electrons. The molecule has 1 spiro atoms. The molecule has 0 fully saturated rings. The smallest absolute Gasteiger partial charge is 0.0619 e. The predicted molar refractivity (Wildman–Crippen MR) is 267 cm³/mol. The van der Waals surface area contributed by atoms with Crippen molar-refractivity contribution >= 4 is 53.9 Å². The van der Waals surface area contributed by atoms with Gasteiger partial charge in [-0.25, -0.2) is 0 Å². The van der Waals surface area contributed by atoms with E-state index in [4.69, 9.17) is 0 Å². The standard InChI is InChI=1S/C63H38/c1-3-20-46-39(15-1)17-14-28-50(46)61-53-26-7-5-24-51(53)60(52-25-6-8-27-54(52)61)44-19-13-18-41(35-44)42-31-32-43-37-55-59(38-45(43)36-42)63(58-34-33-40-16-2-4-21-47(40)62(55)58)56-29-11-9-22-48(56)49-23-10-12-30-57(49)63/h1-38H. The topological polar surface area (TPSA) is 0 Å². The van der Waals surface area contributed by atoms with Crippen LogP contribution in [-0.2, 0) is 5.41 Å². The normalized spacial score (nSPS) is 13.2. The molecule has 0 saturated heterocycles. The van der Waals surface area contributed by atoms with Crippen LogP contribution in [0.3, 0.4) is 0 Å². The molecule has 0 heterocycles. The highest BCUT2D eigenvalue weighted by Crippen LogP contribution is 2.64. The lowest BCUT2D eigenvalue weighted by atomic mass is 9.70. The number of hydrogen-bond donors (Lipinski definition) is 0. The molecule has 12 aromatic rings. The van der Waals surface area contributed by atoms with Crippen molar-refractivity contribution in [3.63, 3.8) is 0 Å². The van der Waals surface area contributed by atoms with Crippen LogP contribution < -0.4 is 0 Å². The van der Waals surface area contributed by atoms with Crippen molar-refractivity contribution in [3.05, 3.63) is 253 Å². The van der Waals surface area contributed by atoms with Gasteiger partial charge in [-0.1, -0.05) is 206 Å². The van der Waals surface area contributed by atoms with Crippen LogP contribution in [0.1, 0.15) is 22.3 Å². The fourth-order valence-electron chi connectivity index (χ4n) is 11.9. The summed E-state index contributed by atoms with van der Waals surface area (Å²) in [4.78, 5) is 0. The highest BCUT2D eigenvalue weighted by molar-refractivity contribution is 6.23. The van der Waals surface area contributed by atoms with Crippen LogP contribution >= 0.6 is 0 Å². The molecule has 0 unspecified atom stereocenters. The molecule has 290 valence electrons. The number of rotatable bonds is 3. The number of hydrogen-bond acceptors (Lipinski definition) is 0. The van der Waals surface area contributed by atoms with Gasteiger partial charge in [-0.15, -0.1) is 0 Å². The first-order chi connectivity index (χ1) is 31.3. The Morgan fingerprint density at radius 3 is 1.43 bits per heavy atom. The van der Waals surface area contributed by atoms with Gasteiger partial charge in [-0.2, -0.15) is 0 Å². The minimum atomic E-state index is -0.410. The zero-order chi connectivity index (χ0) is 41.2. The van der Waals surface area contributed by atoms with E-state index >= 15 is 0 Å². The van der Waals surface area contributed by atoms with E-state index in [1.165, 1.54) is 132 Å². The van der Waals surface area contributed by atoms with Crippen LogP contribution in [0.15, 0.2) is 231 Å². The average Bonchev–Trinajstić information content (AvgIpc) is 3.81. The lowest BCUT2D eigenvalue weighted by Gasteiger charge is -2.30. The van der Waals surface area contributed by atoms with E-state index in [-0.39, 0.29) is 0 Å². The van der Waals surface area contributed by atoms with Crippen LogP contribution in [0.2, 0.25) is 0 Å². The van der Waals surface area contributed by atoms with Crippen LogP contribution in [0.25, 0.3) is 109 Å². The third-order valence-electron chi connectivity index (χ3n) is 14.4. The maximum absolute atomic E-state index is 2.53. The summed E-state index contributed by atoms with van der Waals surface area (Å²) in [5, 5.41) is 12.7. The third-order valence-corrected chi connectivity index (χ3v) is 14.4. The van der Waals surface area contributed by atoms with E-state index in [2.05, 4.69) is 231 Å². The van der Waals surface area contributed by atoms with Gasteiger partial charge in [0, 0.05) is 0 Å². The first kappa shape index (κ1) is 34.6. The maximum atomic E-state index is 2.53. The van der Waals surface area contributed by atoms with Crippen molar-refractivity contribution in [3.8, 4) is 55.6 Å². The molecule has 63 heavy (non-hydrogen) atoms. The second kappa shape index (κ2) is 13.0. The van der Waals surface area contributed by atoms with Gasteiger partial charge >= 0.3 is 0 Å². The van der Waals surface area contributed by atoms with Crippen molar-refractivity contribution in [2.24, 2.45) is 0 Å². The summed E-state index contributed by atoms with van der Waals surface area (Å²) >= 11 is 0. The second-order valence-electron chi connectivity index (χ2n) is 17.5. The Bertz CT molecular complexity index is 3810. The molecule has 0 saturated carbocycles. The molecule has 0 aromatic heterocycles. The van der Waals surface area contributed by atoms with Gasteiger partial charge in [0.1, 0.15) is 0 Å². The van der Waals surface area contributed by atoms with Crippen molar-refractivity contribution in [2.45, 2.75) is 5.41 Å². The maximum Gasteiger partial charge on any atom is 0.0725 e. The van der Waals surface area contributed by atoms with E-state index < -0.39 is 5.41 Å². The summed E-state index contributed by atoms with van der Waals surface area (Å²) in [6.45, 7) is 0. The predicted octanol–water partition coefficient (Wildman–Crippen LogP) is 16.8. The minimum absolute atomic E-state index is 0.410. The molecule has 0 amide bonds. The molecule has 0 nitrogen and oxygen atoms in total. The molecular formula is C63H38. The second-order valence-corrected chi connectivity index (χ2v) is 17.5.